The molecule has 0 radical (unpaired) electrons. The Kier molecular flexibility index (Phi) is 3.90. The summed E-state index contributed by atoms with van der Waals surface area (Å²) in [6.07, 6.45) is -0.0471. The van der Waals surface area contributed by atoms with Gasteiger partial charge in [0.2, 0.25) is 0 Å². The summed E-state index contributed by atoms with van der Waals surface area (Å²) in [6, 6.07) is 0. The van der Waals surface area contributed by atoms with E-state index in [2.05, 4.69) is 9.82 Å². The van der Waals surface area contributed by atoms with Crippen molar-refractivity contribution in [1.82, 2.24) is 14.5 Å². The molecule has 0 aromatic carbocycles. The van der Waals surface area contributed by atoms with Crippen molar-refractivity contribution in [2.45, 2.75) is 44.6 Å². The average molecular weight is 307 g/mol. The Hall–Kier alpha value is -1.02. The molecule has 1 aromatic rings. The molecule has 0 unspecified atom stereocenters. The number of rotatable bonds is 6. The number of nitrogens with one attached hydrogen (secondary N) is 1. The van der Waals surface area contributed by atoms with Gasteiger partial charge in [0, 0.05) is 13.6 Å². The topological polar surface area (TPSA) is 64.0 Å². The van der Waals surface area contributed by atoms with Crippen LogP contribution in [0, 0.1) is 12.3 Å². The van der Waals surface area contributed by atoms with E-state index in [0.29, 0.717) is 6.54 Å². The minimum Gasteiger partial charge on any atom is -0.255 e. The number of hydrogen-bond donors (Lipinski definition) is 1. The zero-order valence-corrected chi connectivity index (χ0v) is 12.6. The summed E-state index contributed by atoms with van der Waals surface area (Å²) in [6.45, 7) is 3.67. The number of halogens is 2. The first-order chi connectivity index (χ1) is 9.22. The second-order valence-electron chi connectivity index (χ2n) is 5.41. The third-order valence-corrected chi connectivity index (χ3v) is 5.55. The van der Waals surface area contributed by atoms with Crippen LogP contribution < -0.4 is 4.72 Å². The van der Waals surface area contributed by atoms with Gasteiger partial charge in [-0.25, -0.2) is 21.9 Å². The van der Waals surface area contributed by atoms with Gasteiger partial charge in [0.15, 0.2) is 5.03 Å². The normalized spacial score (nSPS) is 17.7. The van der Waals surface area contributed by atoms with E-state index in [4.69, 9.17) is 0 Å². The van der Waals surface area contributed by atoms with Crippen molar-refractivity contribution in [3.8, 4) is 0 Å². The number of sulfonamides is 1. The zero-order chi connectivity index (χ0) is 15.1. The van der Waals surface area contributed by atoms with Crippen LogP contribution in [-0.4, -0.2) is 24.7 Å². The van der Waals surface area contributed by atoms with Crippen molar-refractivity contribution in [3.63, 3.8) is 0 Å². The standard InChI is InChI=1S/C12H19F2N3O2S/c1-4-12(5-6-12)7-15-20(18,19)11-9(10(13)14)8(2)16-17(11)3/h10,15H,4-7H2,1-3H3. The van der Waals surface area contributed by atoms with E-state index in [1.807, 2.05) is 6.92 Å². The van der Waals surface area contributed by atoms with E-state index in [9.17, 15) is 17.2 Å². The quantitative estimate of drug-likeness (QED) is 0.875. The van der Waals surface area contributed by atoms with Crippen molar-refractivity contribution < 1.29 is 17.2 Å². The molecule has 1 aliphatic carbocycles. The number of nitrogens with zero attached hydrogens (tertiary/aromatic N) is 2. The van der Waals surface area contributed by atoms with Crippen LogP contribution in [0.3, 0.4) is 0 Å². The molecule has 0 bridgehead atoms. The summed E-state index contributed by atoms with van der Waals surface area (Å²) in [5.41, 5.74) is -0.466. The van der Waals surface area contributed by atoms with Gasteiger partial charge in [0.1, 0.15) is 0 Å². The lowest BCUT2D eigenvalue weighted by Crippen LogP contribution is -2.32. The van der Waals surface area contributed by atoms with Crippen molar-refractivity contribution >= 4 is 10.0 Å². The number of hydrogen-bond acceptors (Lipinski definition) is 3. The highest BCUT2D eigenvalue weighted by Gasteiger charge is 2.42. The Morgan fingerprint density at radius 3 is 2.50 bits per heavy atom. The van der Waals surface area contributed by atoms with Crippen LogP contribution in [0.4, 0.5) is 8.78 Å². The molecule has 114 valence electrons. The highest BCUT2D eigenvalue weighted by Crippen LogP contribution is 2.48. The van der Waals surface area contributed by atoms with Gasteiger partial charge in [-0.15, -0.1) is 0 Å². The average Bonchev–Trinajstić information content (AvgIpc) is 3.06. The first kappa shape index (κ1) is 15.4. The van der Waals surface area contributed by atoms with Crippen LogP contribution in [-0.2, 0) is 17.1 Å². The molecule has 0 aliphatic heterocycles. The molecule has 0 spiro atoms. The number of alkyl halides is 2. The van der Waals surface area contributed by atoms with Gasteiger partial charge in [-0.2, -0.15) is 5.10 Å². The van der Waals surface area contributed by atoms with Crippen LogP contribution >= 0.6 is 0 Å². The van der Waals surface area contributed by atoms with E-state index in [1.54, 1.807) is 0 Å². The first-order valence-electron chi connectivity index (χ1n) is 6.54. The SMILES string of the molecule is CCC1(CNS(=O)(=O)c2c(C(F)F)c(C)nn2C)CC1. The van der Waals surface area contributed by atoms with Crippen molar-refractivity contribution in [2.24, 2.45) is 12.5 Å². The third kappa shape index (κ3) is 2.71. The van der Waals surface area contributed by atoms with Crippen LogP contribution in [0.25, 0.3) is 0 Å². The molecule has 5 nitrogen and oxygen atoms in total. The molecular weight excluding hydrogens is 288 g/mol. The van der Waals surface area contributed by atoms with Gasteiger partial charge < -0.3 is 0 Å². The summed E-state index contributed by atoms with van der Waals surface area (Å²) in [5, 5.41) is 3.36. The van der Waals surface area contributed by atoms with Crippen LogP contribution in [0.1, 0.15) is 43.9 Å². The molecule has 0 saturated heterocycles. The molecule has 1 heterocycles. The third-order valence-electron chi connectivity index (χ3n) is 4.03. The Balaban J connectivity index is 2.30. The molecule has 1 fully saturated rings. The summed E-state index contributed by atoms with van der Waals surface area (Å²) < 4.78 is 54.1. The number of aryl methyl sites for hydroxylation is 2. The zero-order valence-electron chi connectivity index (χ0n) is 11.8. The van der Waals surface area contributed by atoms with Gasteiger partial charge in [-0.05, 0) is 31.6 Å². The molecule has 8 heteroatoms. The Morgan fingerprint density at radius 2 is 2.05 bits per heavy atom. The van der Waals surface area contributed by atoms with E-state index >= 15 is 0 Å². The molecule has 0 amide bonds. The van der Waals surface area contributed by atoms with E-state index in [1.165, 1.54) is 14.0 Å². The lowest BCUT2D eigenvalue weighted by Gasteiger charge is -2.14. The summed E-state index contributed by atoms with van der Waals surface area (Å²) >= 11 is 0. The minimum absolute atomic E-state index is 0.00566. The van der Waals surface area contributed by atoms with E-state index in [0.717, 1.165) is 23.9 Å². The van der Waals surface area contributed by atoms with Crippen LogP contribution in [0.15, 0.2) is 5.03 Å². The summed E-state index contributed by atoms with van der Waals surface area (Å²) in [7, 11) is -2.62. The second kappa shape index (κ2) is 5.07. The molecule has 1 aromatic heterocycles. The van der Waals surface area contributed by atoms with Crippen molar-refractivity contribution in [1.29, 1.82) is 0 Å². The van der Waals surface area contributed by atoms with Gasteiger partial charge in [-0.1, -0.05) is 6.92 Å². The van der Waals surface area contributed by atoms with Crippen LogP contribution in [0.5, 0.6) is 0 Å². The Labute approximate surface area is 117 Å². The Morgan fingerprint density at radius 1 is 1.45 bits per heavy atom. The maximum absolute atomic E-state index is 13.0. The van der Waals surface area contributed by atoms with E-state index in [-0.39, 0.29) is 11.1 Å². The maximum Gasteiger partial charge on any atom is 0.268 e. The first-order valence-corrected chi connectivity index (χ1v) is 8.02. The monoisotopic (exact) mass is 307 g/mol. The molecular formula is C12H19F2N3O2S. The fourth-order valence-electron chi connectivity index (χ4n) is 2.37. The maximum atomic E-state index is 13.0. The molecule has 1 saturated carbocycles. The lowest BCUT2D eigenvalue weighted by molar-refractivity contribution is 0.146. The summed E-state index contributed by atoms with van der Waals surface area (Å²) in [5.74, 6) is 0. The van der Waals surface area contributed by atoms with Crippen molar-refractivity contribution in [2.75, 3.05) is 6.54 Å². The fraction of sp³-hybridized carbons (Fsp3) is 0.750. The lowest BCUT2D eigenvalue weighted by atomic mass is 10.1. The summed E-state index contributed by atoms with van der Waals surface area (Å²) in [4.78, 5) is 0. The van der Waals surface area contributed by atoms with Crippen LogP contribution in [0.2, 0.25) is 0 Å². The molecule has 1 N–H and O–H groups in total. The predicted octanol–water partition coefficient (Wildman–Crippen LogP) is 2.13. The van der Waals surface area contributed by atoms with Crippen molar-refractivity contribution in [3.05, 3.63) is 11.3 Å². The molecule has 1 aliphatic rings. The smallest absolute Gasteiger partial charge is 0.255 e. The van der Waals surface area contributed by atoms with Gasteiger partial charge in [0.05, 0.1) is 11.3 Å². The fourth-order valence-corrected chi connectivity index (χ4v) is 3.92. The van der Waals surface area contributed by atoms with Gasteiger partial charge in [-0.3, -0.25) is 4.68 Å². The van der Waals surface area contributed by atoms with Gasteiger partial charge >= 0.3 is 0 Å². The molecule has 0 atom stereocenters. The Bertz CT molecular complexity index is 606. The largest absolute Gasteiger partial charge is 0.268 e. The molecule has 2 rings (SSSR count). The number of aromatic nitrogens is 2. The molecule has 20 heavy (non-hydrogen) atoms. The van der Waals surface area contributed by atoms with Gasteiger partial charge in [0.25, 0.3) is 16.4 Å². The highest BCUT2D eigenvalue weighted by atomic mass is 32.2. The second-order valence-corrected chi connectivity index (χ2v) is 7.09. The van der Waals surface area contributed by atoms with E-state index < -0.39 is 27.0 Å². The minimum atomic E-state index is -3.98. The predicted molar refractivity (Wildman–Crippen MR) is 70.0 cm³/mol. The highest BCUT2D eigenvalue weighted by molar-refractivity contribution is 7.89.